The molecular weight excluding hydrogens is 316 g/mol. The number of rotatable bonds is 5. The van der Waals surface area contributed by atoms with Gasteiger partial charge in [0.2, 0.25) is 10.0 Å². The quantitative estimate of drug-likeness (QED) is 0.641. The molecule has 0 spiro atoms. The van der Waals surface area contributed by atoms with Crippen LogP contribution in [0.2, 0.25) is 0 Å². The minimum atomic E-state index is -3.67. The smallest absolute Gasteiger partial charge is 0.242 e. The van der Waals surface area contributed by atoms with E-state index in [4.69, 9.17) is 12.2 Å². The van der Waals surface area contributed by atoms with Crippen LogP contribution in [0.4, 0.5) is 5.69 Å². The van der Waals surface area contributed by atoms with E-state index in [2.05, 4.69) is 26.6 Å². The van der Waals surface area contributed by atoms with E-state index in [1.54, 1.807) is 12.1 Å². The van der Waals surface area contributed by atoms with E-state index in [-0.39, 0.29) is 4.90 Å². The van der Waals surface area contributed by atoms with E-state index < -0.39 is 16.1 Å². The van der Waals surface area contributed by atoms with Crippen LogP contribution in [-0.2, 0) is 10.0 Å². The van der Waals surface area contributed by atoms with Gasteiger partial charge in [-0.15, -0.1) is 6.42 Å². The van der Waals surface area contributed by atoms with E-state index in [0.717, 1.165) is 6.42 Å². The van der Waals surface area contributed by atoms with E-state index in [1.807, 2.05) is 6.92 Å². The number of hydrogen-bond donors (Lipinski definition) is 2. The molecular formula is C12H15BrN2O2S. The molecule has 1 aromatic rings. The molecule has 0 heterocycles. The van der Waals surface area contributed by atoms with Crippen molar-refractivity contribution in [1.82, 2.24) is 4.72 Å². The molecule has 4 nitrogen and oxygen atoms in total. The third-order valence-corrected chi connectivity index (χ3v) is 4.79. The molecule has 1 unspecified atom stereocenters. The summed E-state index contributed by atoms with van der Waals surface area (Å²) in [6.45, 7) is 1.94. The average molecular weight is 331 g/mol. The van der Waals surface area contributed by atoms with Crippen LogP contribution in [0.5, 0.6) is 0 Å². The number of nitrogens with one attached hydrogen (secondary N) is 1. The maximum atomic E-state index is 12.2. The number of halogens is 1. The van der Waals surface area contributed by atoms with Gasteiger partial charge in [-0.05, 0) is 40.5 Å². The van der Waals surface area contributed by atoms with Gasteiger partial charge in [0, 0.05) is 10.2 Å². The first-order valence-corrected chi connectivity index (χ1v) is 7.71. The van der Waals surface area contributed by atoms with Crippen molar-refractivity contribution in [2.45, 2.75) is 30.7 Å². The van der Waals surface area contributed by atoms with Gasteiger partial charge in [0.05, 0.1) is 10.9 Å². The molecule has 0 fully saturated rings. The average Bonchev–Trinajstić information content (AvgIpc) is 2.31. The lowest BCUT2D eigenvalue weighted by Gasteiger charge is -2.13. The number of benzene rings is 1. The Morgan fingerprint density at radius 1 is 1.56 bits per heavy atom. The van der Waals surface area contributed by atoms with Crippen molar-refractivity contribution in [2.24, 2.45) is 0 Å². The van der Waals surface area contributed by atoms with E-state index in [0.29, 0.717) is 16.6 Å². The molecule has 1 rings (SSSR count). The zero-order chi connectivity index (χ0) is 13.8. The number of nitrogens with two attached hydrogens (primary N) is 1. The lowest BCUT2D eigenvalue weighted by atomic mass is 10.2. The second-order valence-corrected chi connectivity index (χ2v) is 6.36. The van der Waals surface area contributed by atoms with Crippen LogP contribution >= 0.6 is 15.9 Å². The summed E-state index contributed by atoms with van der Waals surface area (Å²) < 4.78 is 27.2. The van der Waals surface area contributed by atoms with Gasteiger partial charge in [-0.25, -0.2) is 8.42 Å². The minimum Gasteiger partial charge on any atom is -0.399 e. The summed E-state index contributed by atoms with van der Waals surface area (Å²) in [5.41, 5.74) is 5.97. The molecule has 0 saturated carbocycles. The number of sulfonamides is 1. The van der Waals surface area contributed by atoms with E-state index in [1.165, 1.54) is 6.07 Å². The van der Waals surface area contributed by atoms with Crippen molar-refractivity contribution < 1.29 is 8.42 Å². The molecule has 98 valence electrons. The van der Waals surface area contributed by atoms with Crippen LogP contribution < -0.4 is 10.5 Å². The summed E-state index contributed by atoms with van der Waals surface area (Å²) in [5, 5.41) is 0. The fourth-order valence-corrected chi connectivity index (χ4v) is 3.63. The Balaban J connectivity index is 3.07. The highest BCUT2D eigenvalue weighted by Gasteiger charge is 2.21. The van der Waals surface area contributed by atoms with E-state index in [9.17, 15) is 8.42 Å². The van der Waals surface area contributed by atoms with Crippen LogP contribution in [0.3, 0.4) is 0 Å². The number of nitrogen functional groups attached to an aromatic ring is 1. The van der Waals surface area contributed by atoms with Crippen LogP contribution in [0.1, 0.15) is 19.8 Å². The molecule has 18 heavy (non-hydrogen) atoms. The Labute approximate surface area is 116 Å². The fraction of sp³-hybridized carbons (Fsp3) is 0.333. The highest BCUT2D eigenvalue weighted by Crippen LogP contribution is 2.24. The van der Waals surface area contributed by atoms with Gasteiger partial charge >= 0.3 is 0 Å². The summed E-state index contributed by atoms with van der Waals surface area (Å²) in [5.74, 6) is 2.43. The van der Waals surface area contributed by atoms with Crippen molar-refractivity contribution in [2.75, 3.05) is 5.73 Å². The normalized spacial score (nSPS) is 12.9. The molecule has 0 aliphatic heterocycles. The Kier molecular flexibility index (Phi) is 5.20. The summed E-state index contributed by atoms with van der Waals surface area (Å²) in [6.07, 6.45) is 6.69. The van der Waals surface area contributed by atoms with Gasteiger partial charge in [0.15, 0.2) is 0 Å². The summed E-state index contributed by atoms with van der Waals surface area (Å²) in [7, 11) is -3.67. The zero-order valence-corrected chi connectivity index (χ0v) is 12.4. The first kappa shape index (κ1) is 15.0. The van der Waals surface area contributed by atoms with Gasteiger partial charge in [0.25, 0.3) is 0 Å². The van der Waals surface area contributed by atoms with Crippen LogP contribution in [0.15, 0.2) is 27.6 Å². The lowest BCUT2D eigenvalue weighted by Crippen LogP contribution is -2.33. The number of hydrogen-bond acceptors (Lipinski definition) is 3. The van der Waals surface area contributed by atoms with Gasteiger partial charge in [0.1, 0.15) is 0 Å². The molecule has 1 atom stereocenters. The first-order chi connectivity index (χ1) is 8.40. The third kappa shape index (κ3) is 3.73. The van der Waals surface area contributed by atoms with Crippen LogP contribution in [0.25, 0.3) is 0 Å². The van der Waals surface area contributed by atoms with Gasteiger partial charge in [-0.3, -0.25) is 0 Å². The summed E-state index contributed by atoms with van der Waals surface area (Å²) in [4.78, 5) is 0.0962. The predicted molar refractivity (Wildman–Crippen MR) is 76.4 cm³/mol. The molecule has 0 aromatic heterocycles. The fourth-order valence-electron chi connectivity index (χ4n) is 1.44. The molecule has 6 heteroatoms. The maximum Gasteiger partial charge on any atom is 0.242 e. The summed E-state index contributed by atoms with van der Waals surface area (Å²) in [6, 6.07) is 4.10. The lowest BCUT2D eigenvalue weighted by molar-refractivity contribution is 0.564. The standard InChI is InChI=1S/C12H15BrN2O2S/c1-3-5-10(4-2)15-18(16,17)12-8-9(14)6-7-11(12)13/h2,6-8,10,15H,3,5,14H2,1H3. The Bertz CT molecular complexity index is 564. The number of anilines is 1. The van der Waals surface area contributed by atoms with Crippen molar-refractivity contribution in [3.63, 3.8) is 0 Å². The third-order valence-electron chi connectivity index (χ3n) is 2.32. The second kappa shape index (κ2) is 6.23. The zero-order valence-electron chi connectivity index (χ0n) is 9.98. The molecule has 1 aromatic carbocycles. The van der Waals surface area contributed by atoms with E-state index >= 15 is 0 Å². The topological polar surface area (TPSA) is 72.2 Å². The van der Waals surface area contributed by atoms with Crippen molar-refractivity contribution in [3.8, 4) is 12.3 Å². The SMILES string of the molecule is C#CC(CCC)NS(=O)(=O)c1cc(N)ccc1Br. The summed E-state index contributed by atoms with van der Waals surface area (Å²) >= 11 is 3.19. The van der Waals surface area contributed by atoms with Crippen molar-refractivity contribution in [3.05, 3.63) is 22.7 Å². The maximum absolute atomic E-state index is 12.2. The van der Waals surface area contributed by atoms with Gasteiger partial charge < -0.3 is 5.73 Å². The Hall–Kier alpha value is -1.03. The predicted octanol–water partition coefficient (Wildman–Crippen LogP) is 2.11. The largest absolute Gasteiger partial charge is 0.399 e. The Morgan fingerprint density at radius 3 is 2.78 bits per heavy atom. The second-order valence-electron chi connectivity index (χ2n) is 3.82. The molecule has 0 amide bonds. The monoisotopic (exact) mass is 330 g/mol. The first-order valence-electron chi connectivity index (χ1n) is 5.44. The van der Waals surface area contributed by atoms with Crippen molar-refractivity contribution >= 4 is 31.6 Å². The molecule has 0 aliphatic carbocycles. The highest BCUT2D eigenvalue weighted by molar-refractivity contribution is 9.10. The molecule has 0 bridgehead atoms. The van der Waals surface area contributed by atoms with Crippen LogP contribution in [-0.4, -0.2) is 14.5 Å². The van der Waals surface area contributed by atoms with Crippen molar-refractivity contribution in [1.29, 1.82) is 0 Å². The highest BCUT2D eigenvalue weighted by atomic mass is 79.9. The minimum absolute atomic E-state index is 0.0962. The van der Waals surface area contributed by atoms with Gasteiger partial charge in [-0.1, -0.05) is 19.3 Å². The number of terminal acetylenes is 1. The molecule has 0 radical (unpaired) electrons. The van der Waals surface area contributed by atoms with Crippen LogP contribution in [0, 0.1) is 12.3 Å². The molecule has 0 aliphatic rings. The molecule has 3 N–H and O–H groups in total. The van der Waals surface area contributed by atoms with Gasteiger partial charge in [-0.2, -0.15) is 4.72 Å². The molecule has 0 saturated heterocycles. The Morgan fingerprint density at radius 2 is 2.22 bits per heavy atom.